The lowest BCUT2D eigenvalue weighted by molar-refractivity contribution is -0.144. The molecule has 40 heavy (non-hydrogen) atoms. The molecular formula is C30H32Cl2F2N2O4. The van der Waals surface area contributed by atoms with Gasteiger partial charge in [0.05, 0.1) is 22.1 Å². The van der Waals surface area contributed by atoms with E-state index in [1.807, 2.05) is 25.1 Å². The van der Waals surface area contributed by atoms with E-state index < -0.39 is 47.5 Å². The lowest BCUT2D eigenvalue weighted by atomic mass is 9.93. The van der Waals surface area contributed by atoms with Gasteiger partial charge in [-0.25, -0.2) is 8.78 Å². The minimum atomic E-state index is -1.74. The molecule has 6 nitrogen and oxygen atoms in total. The van der Waals surface area contributed by atoms with Gasteiger partial charge in [-0.05, 0) is 59.9 Å². The molecule has 4 atom stereocenters. The van der Waals surface area contributed by atoms with Gasteiger partial charge in [-0.2, -0.15) is 0 Å². The summed E-state index contributed by atoms with van der Waals surface area (Å²) in [4.78, 5) is 27.8. The van der Waals surface area contributed by atoms with E-state index >= 15 is 0 Å². The van der Waals surface area contributed by atoms with Gasteiger partial charge < -0.3 is 20.8 Å². The van der Waals surface area contributed by atoms with Crippen molar-refractivity contribution in [3.63, 3.8) is 0 Å². The summed E-state index contributed by atoms with van der Waals surface area (Å²) >= 11 is 12.0. The smallest absolute Gasteiger partial charge is 0.252 e. The highest BCUT2D eigenvalue weighted by atomic mass is 35.5. The number of rotatable bonds is 12. The Labute approximate surface area is 242 Å². The van der Waals surface area contributed by atoms with Crippen LogP contribution in [0.1, 0.15) is 40.9 Å². The number of nitrogens with zero attached hydrogens (tertiary/aromatic N) is 1. The summed E-state index contributed by atoms with van der Waals surface area (Å²) in [6, 6.07) is 13.7. The number of benzene rings is 3. The zero-order valence-electron chi connectivity index (χ0n) is 22.2. The highest BCUT2D eigenvalue weighted by Crippen LogP contribution is 2.25. The van der Waals surface area contributed by atoms with Crippen molar-refractivity contribution in [2.45, 2.75) is 51.5 Å². The first kappa shape index (κ1) is 31.6. The first-order chi connectivity index (χ1) is 18.9. The van der Waals surface area contributed by atoms with Gasteiger partial charge >= 0.3 is 0 Å². The number of aliphatic hydroxyl groups excluding tert-OH is 2. The largest absolute Gasteiger partial charge is 0.390 e. The normalized spacial score (nSPS) is 14.3. The van der Waals surface area contributed by atoms with Crippen LogP contribution < -0.4 is 5.73 Å². The molecule has 4 N–H and O–H groups in total. The van der Waals surface area contributed by atoms with Crippen LogP contribution in [0.5, 0.6) is 0 Å². The SMILES string of the molecule is CCc1cccc(CN(C[C@@H](O)[C@@H](N)Cc2cc(F)cc(F)c2)C(=O)C(O)C(C)C(=O)c2ccc(Cl)c(Cl)c2)c1. The zero-order chi connectivity index (χ0) is 29.6. The van der Waals surface area contributed by atoms with Crippen LogP contribution in [0.25, 0.3) is 0 Å². The molecule has 0 aliphatic heterocycles. The number of amides is 1. The molecule has 0 aliphatic carbocycles. The summed E-state index contributed by atoms with van der Waals surface area (Å²) in [6.07, 6.45) is -2.34. The molecule has 10 heteroatoms. The average Bonchev–Trinajstić information content (AvgIpc) is 2.92. The van der Waals surface area contributed by atoms with Crippen molar-refractivity contribution in [1.82, 2.24) is 4.90 Å². The molecule has 2 unspecified atom stereocenters. The number of carbonyl (C=O) groups excluding carboxylic acids is 2. The predicted molar refractivity (Wildman–Crippen MR) is 151 cm³/mol. The fourth-order valence-corrected chi connectivity index (χ4v) is 4.65. The van der Waals surface area contributed by atoms with Gasteiger partial charge in [0.2, 0.25) is 0 Å². The van der Waals surface area contributed by atoms with E-state index in [0.29, 0.717) is 0 Å². The zero-order valence-corrected chi connectivity index (χ0v) is 23.7. The van der Waals surface area contributed by atoms with Crippen molar-refractivity contribution in [3.8, 4) is 0 Å². The van der Waals surface area contributed by atoms with Crippen LogP contribution in [-0.4, -0.2) is 51.6 Å². The van der Waals surface area contributed by atoms with Crippen molar-refractivity contribution in [3.05, 3.63) is 105 Å². The molecule has 0 aromatic heterocycles. The first-order valence-corrected chi connectivity index (χ1v) is 13.6. The lowest BCUT2D eigenvalue weighted by Gasteiger charge is -2.31. The maximum Gasteiger partial charge on any atom is 0.252 e. The summed E-state index contributed by atoms with van der Waals surface area (Å²) in [7, 11) is 0. The molecular weight excluding hydrogens is 561 g/mol. The number of halogens is 4. The molecule has 0 saturated carbocycles. The molecule has 214 valence electrons. The van der Waals surface area contributed by atoms with E-state index in [2.05, 4.69) is 0 Å². The quantitative estimate of drug-likeness (QED) is 0.257. The summed E-state index contributed by atoms with van der Waals surface area (Å²) in [5, 5.41) is 22.3. The number of Topliss-reactive ketones (excluding diaryl/α,β-unsaturated/α-hetero) is 1. The molecule has 1 amide bonds. The van der Waals surface area contributed by atoms with Crippen LogP contribution in [0.4, 0.5) is 8.78 Å². The van der Waals surface area contributed by atoms with Crippen molar-refractivity contribution >= 4 is 34.9 Å². The number of aliphatic hydroxyl groups is 2. The van der Waals surface area contributed by atoms with Gasteiger partial charge in [0.1, 0.15) is 17.7 Å². The monoisotopic (exact) mass is 592 g/mol. The van der Waals surface area contributed by atoms with Crippen LogP contribution >= 0.6 is 23.2 Å². The fraction of sp³-hybridized carbons (Fsp3) is 0.333. The molecule has 3 aromatic rings. The van der Waals surface area contributed by atoms with Crippen LogP contribution in [0.15, 0.2) is 60.7 Å². The fourth-order valence-electron chi connectivity index (χ4n) is 4.36. The Kier molecular flexibility index (Phi) is 11.2. The third-order valence-corrected chi connectivity index (χ3v) is 7.46. The average molecular weight is 593 g/mol. The predicted octanol–water partition coefficient (Wildman–Crippen LogP) is 4.97. The van der Waals surface area contributed by atoms with Gasteiger partial charge in [-0.15, -0.1) is 0 Å². The van der Waals surface area contributed by atoms with Gasteiger partial charge in [0.15, 0.2) is 5.78 Å². The van der Waals surface area contributed by atoms with Crippen molar-refractivity contribution < 1.29 is 28.6 Å². The molecule has 0 aliphatic rings. The lowest BCUT2D eigenvalue weighted by Crippen LogP contribution is -2.50. The molecule has 0 heterocycles. The van der Waals surface area contributed by atoms with Crippen molar-refractivity contribution in [2.75, 3.05) is 6.54 Å². The third-order valence-electron chi connectivity index (χ3n) is 6.72. The Morgan fingerprint density at radius 2 is 1.57 bits per heavy atom. The van der Waals surface area contributed by atoms with Crippen molar-refractivity contribution in [1.29, 1.82) is 0 Å². The van der Waals surface area contributed by atoms with Crippen molar-refractivity contribution in [2.24, 2.45) is 11.7 Å². The summed E-state index contributed by atoms with van der Waals surface area (Å²) in [5.74, 6) is -3.99. The van der Waals surface area contributed by atoms with E-state index in [1.54, 1.807) is 6.07 Å². The number of nitrogens with two attached hydrogens (primary N) is 1. The Hall–Kier alpha value is -2.88. The number of hydrogen-bond donors (Lipinski definition) is 3. The van der Waals surface area contributed by atoms with Gasteiger partial charge in [0.25, 0.3) is 5.91 Å². The Morgan fingerprint density at radius 1 is 0.925 bits per heavy atom. The standard InChI is InChI=1S/C30H32Cl2F2N2O4/c1-3-18-5-4-6-19(9-18)15-36(16-27(37)26(35)12-20-10-22(33)14-23(34)11-20)30(40)29(39)17(2)28(38)21-7-8-24(31)25(32)13-21/h4-11,13-14,17,26-27,29,37,39H,3,12,15-16,35H2,1-2H3/t17?,26-,27+,29?/m0/s1. The van der Waals surface area contributed by atoms with Gasteiger partial charge in [-0.3, -0.25) is 9.59 Å². The van der Waals surface area contributed by atoms with Crippen LogP contribution in [0.3, 0.4) is 0 Å². The van der Waals surface area contributed by atoms with Gasteiger partial charge in [-0.1, -0.05) is 61.3 Å². The Bertz CT molecular complexity index is 1340. The highest BCUT2D eigenvalue weighted by molar-refractivity contribution is 6.42. The van der Waals surface area contributed by atoms with E-state index in [4.69, 9.17) is 28.9 Å². The molecule has 3 rings (SSSR count). The maximum atomic E-state index is 13.6. The second-order valence-electron chi connectivity index (χ2n) is 9.83. The van der Waals surface area contributed by atoms with Crippen LogP contribution in [0, 0.1) is 17.6 Å². The second kappa shape index (κ2) is 14.1. The maximum absolute atomic E-state index is 13.6. The summed E-state index contributed by atoms with van der Waals surface area (Å²) in [5.41, 5.74) is 8.35. The van der Waals surface area contributed by atoms with E-state index in [1.165, 1.54) is 30.0 Å². The topological polar surface area (TPSA) is 104 Å². The van der Waals surface area contributed by atoms with Crippen LogP contribution in [-0.2, 0) is 24.2 Å². The second-order valence-corrected chi connectivity index (χ2v) is 10.6. The summed E-state index contributed by atoms with van der Waals surface area (Å²) < 4.78 is 27.3. The number of ketones is 1. The number of carbonyl (C=O) groups is 2. The minimum absolute atomic E-state index is 0.0236. The Morgan fingerprint density at radius 3 is 2.20 bits per heavy atom. The van der Waals surface area contributed by atoms with Gasteiger partial charge in [0, 0.05) is 30.8 Å². The summed E-state index contributed by atoms with van der Waals surface area (Å²) in [6.45, 7) is 3.14. The molecule has 0 fully saturated rings. The molecule has 3 aromatic carbocycles. The first-order valence-electron chi connectivity index (χ1n) is 12.8. The number of hydrogen-bond acceptors (Lipinski definition) is 5. The van der Waals surface area contributed by atoms with Crippen LogP contribution in [0.2, 0.25) is 10.0 Å². The highest BCUT2D eigenvalue weighted by Gasteiger charge is 2.34. The Balaban J connectivity index is 1.82. The minimum Gasteiger partial charge on any atom is -0.390 e. The van der Waals surface area contributed by atoms with E-state index in [-0.39, 0.29) is 40.7 Å². The third kappa shape index (κ3) is 8.32. The van der Waals surface area contributed by atoms with E-state index in [0.717, 1.165) is 35.7 Å². The molecule has 0 radical (unpaired) electrons. The molecule has 0 spiro atoms. The van der Waals surface area contributed by atoms with E-state index in [9.17, 15) is 28.6 Å². The molecule has 0 bridgehead atoms. The molecule has 0 saturated heterocycles. The number of aryl methyl sites for hydroxylation is 1.